The summed E-state index contributed by atoms with van der Waals surface area (Å²) < 4.78 is 0. The average molecular weight is 216 g/mol. The molecule has 0 aliphatic rings. The summed E-state index contributed by atoms with van der Waals surface area (Å²) in [6.07, 6.45) is 1.09. The number of hydrogen-bond donors (Lipinski definition) is 1. The van der Waals surface area contributed by atoms with Gasteiger partial charge in [-0.05, 0) is 36.5 Å². The minimum Gasteiger partial charge on any atom is -0.384 e. The van der Waals surface area contributed by atoms with Gasteiger partial charge in [0.05, 0.1) is 11.3 Å². The molecule has 0 aliphatic carbocycles. The van der Waals surface area contributed by atoms with Gasteiger partial charge in [0.1, 0.15) is 6.07 Å². The lowest BCUT2D eigenvalue weighted by Gasteiger charge is -2.19. The van der Waals surface area contributed by atoms with Crippen LogP contribution in [-0.4, -0.2) is 6.54 Å². The highest BCUT2D eigenvalue weighted by Gasteiger charge is 2.09. The summed E-state index contributed by atoms with van der Waals surface area (Å²) in [4.78, 5) is 0. The van der Waals surface area contributed by atoms with Crippen LogP contribution in [0.4, 0.5) is 5.69 Å². The van der Waals surface area contributed by atoms with Gasteiger partial charge < -0.3 is 5.32 Å². The third-order valence-electron chi connectivity index (χ3n) is 2.49. The molecule has 86 valence electrons. The summed E-state index contributed by atoms with van der Waals surface area (Å²) in [5, 5.41) is 12.3. The Balaban J connectivity index is 2.67. The van der Waals surface area contributed by atoms with Gasteiger partial charge in [0.2, 0.25) is 0 Å². The van der Waals surface area contributed by atoms with Crippen molar-refractivity contribution in [3.8, 4) is 6.07 Å². The van der Waals surface area contributed by atoms with Crippen molar-refractivity contribution in [3.63, 3.8) is 0 Å². The molecule has 1 N–H and O–H groups in total. The molecule has 0 unspecified atom stereocenters. The van der Waals surface area contributed by atoms with Crippen LogP contribution in [-0.2, 0) is 0 Å². The fraction of sp³-hybridized carbons (Fsp3) is 0.500. The number of anilines is 1. The van der Waals surface area contributed by atoms with Crippen molar-refractivity contribution in [3.05, 3.63) is 29.3 Å². The van der Waals surface area contributed by atoms with Crippen LogP contribution in [0, 0.1) is 23.7 Å². The monoisotopic (exact) mass is 216 g/mol. The SMILES string of the molecule is Cc1ccc(C#N)c(NCCC(C)(C)C)c1. The summed E-state index contributed by atoms with van der Waals surface area (Å²) in [5.41, 5.74) is 3.17. The van der Waals surface area contributed by atoms with E-state index in [1.165, 1.54) is 5.56 Å². The lowest BCUT2D eigenvalue weighted by Crippen LogP contribution is -2.13. The molecule has 0 saturated carbocycles. The molecule has 2 nitrogen and oxygen atoms in total. The smallest absolute Gasteiger partial charge is 0.101 e. The lowest BCUT2D eigenvalue weighted by molar-refractivity contribution is 0.390. The maximum Gasteiger partial charge on any atom is 0.101 e. The second kappa shape index (κ2) is 5.03. The second-order valence-electron chi connectivity index (χ2n) is 5.40. The van der Waals surface area contributed by atoms with Gasteiger partial charge in [-0.3, -0.25) is 0 Å². The number of benzene rings is 1. The maximum atomic E-state index is 8.98. The first-order valence-electron chi connectivity index (χ1n) is 5.67. The summed E-state index contributed by atoms with van der Waals surface area (Å²) in [7, 11) is 0. The number of nitriles is 1. The molecular weight excluding hydrogens is 196 g/mol. The molecule has 0 bridgehead atoms. The Labute approximate surface area is 98.3 Å². The first-order valence-corrected chi connectivity index (χ1v) is 5.67. The minimum atomic E-state index is 0.323. The minimum absolute atomic E-state index is 0.323. The molecule has 1 aromatic rings. The molecule has 0 amide bonds. The van der Waals surface area contributed by atoms with Gasteiger partial charge in [0.15, 0.2) is 0 Å². The van der Waals surface area contributed by atoms with Crippen LogP contribution in [0.15, 0.2) is 18.2 Å². The molecule has 0 radical (unpaired) electrons. The Morgan fingerprint density at radius 1 is 1.31 bits per heavy atom. The normalized spacial score (nSPS) is 10.9. The molecule has 2 heteroatoms. The third kappa shape index (κ3) is 3.94. The molecule has 0 fully saturated rings. The predicted molar refractivity (Wildman–Crippen MR) is 68.5 cm³/mol. The molecular formula is C14H20N2. The lowest BCUT2D eigenvalue weighted by atomic mass is 9.92. The largest absolute Gasteiger partial charge is 0.384 e. The summed E-state index contributed by atoms with van der Waals surface area (Å²) in [6, 6.07) is 8.07. The van der Waals surface area contributed by atoms with Crippen LogP contribution in [0.3, 0.4) is 0 Å². The van der Waals surface area contributed by atoms with Crippen LogP contribution in [0.2, 0.25) is 0 Å². The van der Waals surface area contributed by atoms with Crippen LogP contribution >= 0.6 is 0 Å². The molecule has 0 atom stereocenters. The van der Waals surface area contributed by atoms with Gasteiger partial charge in [-0.25, -0.2) is 0 Å². The van der Waals surface area contributed by atoms with Gasteiger partial charge in [0.25, 0.3) is 0 Å². The Morgan fingerprint density at radius 3 is 2.56 bits per heavy atom. The van der Waals surface area contributed by atoms with E-state index in [9.17, 15) is 0 Å². The van der Waals surface area contributed by atoms with E-state index in [-0.39, 0.29) is 0 Å². The molecule has 0 saturated heterocycles. The van der Waals surface area contributed by atoms with Crippen molar-refractivity contribution in [2.45, 2.75) is 34.1 Å². The summed E-state index contributed by atoms with van der Waals surface area (Å²) >= 11 is 0. The van der Waals surface area contributed by atoms with Crippen LogP contribution in [0.1, 0.15) is 38.3 Å². The van der Waals surface area contributed by atoms with E-state index in [1.807, 2.05) is 25.1 Å². The highest BCUT2D eigenvalue weighted by molar-refractivity contribution is 5.58. The fourth-order valence-electron chi connectivity index (χ4n) is 1.47. The topological polar surface area (TPSA) is 35.8 Å². The third-order valence-corrected chi connectivity index (χ3v) is 2.49. The highest BCUT2D eigenvalue weighted by atomic mass is 14.9. The highest BCUT2D eigenvalue weighted by Crippen LogP contribution is 2.20. The van der Waals surface area contributed by atoms with Crippen LogP contribution in [0.25, 0.3) is 0 Å². The fourth-order valence-corrected chi connectivity index (χ4v) is 1.47. The zero-order valence-corrected chi connectivity index (χ0v) is 10.6. The Hall–Kier alpha value is -1.49. The standard InChI is InChI=1S/C14H20N2/c1-11-5-6-12(10-15)13(9-11)16-8-7-14(2,3)4/h5-6,9,16H,7-8H2,1-4H3. The van der Waals surface area contributed by atoms with Crippen LogP contribution in [0.5, 0.6) is 0 Å². The number of aryl methyl sites for hydroxylation is 1. The summed E-state index contributed by atoms with van der Waals surface area (Å²) in [5.74, 6) is 0. The van der Waals surface area contributed by atoms with Crippen molar-refractivity contribution < 1.29 is 0 Å². The van der Waals surface area contributed by atoms with Crippen molar-refractivity contribution in [1.82, 2.24) is 0 Å². The Bertz CT molecular complexity index is 394. The van der Waals surface area contributed by atoms with Crippen LogP contribution < -0.4 is 5.32 Å². The molecule has 0 aliphatic heterocycles. The molecule has 1 rings (SSSR count). The Morgan fingerprint density at radius 2 is 2.00 bits per heavy atom. The molecule has 1 aromatic carbocycles. The van der Waals surface area contributed by atoms with E-state index in [0.29, 0.717) is 5.41 Å². The van der Waals surface area contributed by atoms with Crippen molar-refractivity contribution >= 4 is 5.69 Å². The molecule has 0 aromatic heterocycles. The predicted octanol–water partition coefficient (Wildman–Crippen LogP) is 3.71. The first kappa shape index (κ1) is 12.6. The van der Waals surface area contributed by atoms with E-state index in [1.54, 1.807) is 0 Å². The van der Waals surface area contributed by atoms with E-state index in [4.69, 9.17) is 5.26 Å². The first-order chi connectivity index (χ1) is 7.42. The van der Waals surface area contributed by atoms with Gasteiger partial charge in [-0.1, -0.05) is 26.8 Å². The number of rotatable bonds is 3. The van der Waals surface area contributed by atoms with Crippen molar-refractivity contribution in [2.75, 3.05) is 11.9 Å². The zero-order valence-electron chi connectivity index (χ0n) is 10.6. The van der Waals surface area contributed by atoms with Gasteiger partial charge in [0, 0.05) is 6.54 Å². The van der Waals surface area contributed by atoms with Gasteiger partial charge >= 0.3 is 0 Å². The summed E-state index contributed by atoms with van der Waals surface area (Å²) in [6.45, 7) is 9.60. The number of hydrogen-bond acceptors (Lipinski definition) is 2. The number of nitrogens with zero attached hydrogens (tertiary/aromatic N) is 1. The quantitative estimate of drug-likeness (QED) is 0.836. The maximum absolute atomic E-state index is 8.98. The average Bonchev–Trinajstić information content (AvgIpc) is 2.16. The van der Waals surface area contributed by atoms with Gasteiger partial charge in [-0.15, -0.1) is 0 Å². The van der Waals surface area contributed by atoms with Crippen molar-refractivity contribution in [2.24, 2.45) is 5.41 Å². The molecule has 0 spiro atoms. The van der Waals surface area contributed by atoms with Gasteiger partial charge in [-0.2, -0.15) is 5.26 Å². The van der Waals surface area contributed by atoms with E-state index >= 15 is 0 Å². The second-order valence-corrected chi connectivity index (χ2v) is 5.40. The molecule has 16 heavy (non-hydrogen) atoms. The zero-order chi connectivity index (χ0) is 12.2. The van der Waals surface area contributed by atoms with E-state index in [2.05, 4.69) is 32.2 Å². The number of nitrogens with one attached hydrogen (secondary N) is 1. The molecule has 0 heterocycles. The van der Waals surface area contributed by atoms with E-state index in [0.717, 1.165) is 24.2 Å². The van der Waals surface area contributed by atoms with Crippen molar-refractivity contribution in [1.29, 1.82) is 5.26 Å². The Kier molecular flexibility index (Phi) is 3.95. The van der Waals surface area contributed by atoms with E-state index < -0.39 is 0 Å².